The predicted octanol–water partition coefficient (Wildman–Crippen LogP) is 6.31. The molecule has 5 nitrogen and oxygen atoms in total. The molecule has 0 aliphatic rings. The quantitative estimate of drug-likeness (QED) is 0.150. The highest BCUT2D eigenvalue weighted by molar-refractivity contribution is 6.33. The van der Waals surface area contributed by atoms with Crippen molar-refractivity contribution in [3.8, 4) is 0 Å². The van der Waals surface area contributed by atoms with Crippen LogP contribution in [0.5, 0.6) is 0 Å². The maximum absolute atomic E-state index is 11.8. The SMILES string of the molecule is CCCCCCCCCCCCCCC(=O)C(=O)OCCCC(=O)OC(C)(C)C. The summed E-state index contributed by atoms with van der Waals surface area (Å²) in [6.45, 7) is 7.73. The Morgan fingerprint density at radius 2 is 1.14 bits per heavy atom. The molecule has 5 heteroatoms. The van der Waals surface area contributed by atoms with E-state index in [2.05, 4.69) is 6.92 Å². The van der Waals surface area contributed by atoms with E-state index < -0.39 is 17.4 Å². The van der Waals surface area contributed by atoms with Gasteiger partial charge in [-0.05, 0) is 33.6 Å². The molecule has 0 N–H and O–H groups in total. The first-order valence-corrected chi connectivity index (χ1v) is 11.7. The zero-order chi connectivity index (χ0) is 22.0. The van der Waals surface area contributed by atoms with Crippen molar-refractivity contribution < 1.29 is 23.9 Å². The van der Waals surface area contributed by atoms with Crippen LogP contribution in [0.25, 0.3) is 0 Å². The topological polar surface area (TPSA) is 69.7 Å². The van der Waals surface area contributed by atoms with Crippen LogP contribution in [0.2, 0.25) is 0 Å². The van der Waals surface area contributed by atoms with Crippen LogP contribution < -0.4 is 0 Å². The lowest BCUT2D eigenvalue weighted by molar-refractivity contribution is -0.157. The highest BCUT2D eigenvalue weighted by Gasteiger charge is 2.17. The summed E-state index contributed by atoms with van der Waals surface area (Å²) in [6, 6.07) is 0. The summed E-state index contributed by atoms with van der Waals surface area (Å²) in [5.74, 6) is -1.57. The van der Waals surface area contributed by atoms with Gasteiger partial charge in [0.1, 0.15) is 5.60 Å². The molecule has 0 heterocycles. The predicted molar refractivity (Wildman–Crippen MR) is 117 cm³/mol. The standard InChI is InChI=1S/C24H44O5/c1-5-6-7-8-9-10-11-12-13-14-15-16-18-21(25)23(27)28-20-17-19-22(26)29-24(2,3)4/h5-20H2,1-4H3. The molecule has 0 saturated heterocycles. The number of ether oxygens (including phenoxy) is 2. The first kappa shape index (κ1) is 27.6. The second kappa shape index (κ2) is 17.5. The van der Waals surface area contributed by atoms with E-state index in [1.807, 2.05) is 0 Å². The Morgan fingerprint density at radius 1 is 0.655 bits per heavy atom. The molecule has 0 aromatic rings. The molecule has 0 unspecified atom stereocenters. The van der Waals surface area contributed by atoms with E-state index in [4.69, 9.17) is 9.47 Å². The van der Waals surface area contributed by atoms with Crippen LogP contribution in [0.1, 0.15) is 124 Å². The lowest BCUT2D eigenvalue weighted by Crippen LogP contribution is -2.24. The lowest BCUT2D eigenvalue weighted by Gasteiger charge is -2.19. The highest BCUT2D eigenvalue weighted by atomic mass is 16.6. The molecule has 0 saturated carbocycles. The average molecular weight is 413 g/mol. The first-order valence-electron chi connectivity index (χ1n) is 11.7. The van der Waals surface area contributed by atoms with Crippen LogP contribution in [0.15, 0.2) is 0 Å². The van der Waals surface area contributed by atoms with Gasteiger partial charge in [-0.25, -0.2) is 4.79 Å². The van der Waals surface area contributed by atoms with Gasteiger partial charge in [0.2, 0.25) is 5.78 Å². The Balaban J connectivity index is 3.49. The molecule has 0 aromatic heterocycles. The zero-order valence-corrected chi connectivity index (χ0v) is 19.4. The van der Waals surface area contributed by atoms with E-state index in [9.17, 15) is 14.4 Å². The average Bonchev–Trinajstić information content (AvgIpc) is 2.64. The number of carbonyl (C=O) groups is 3. The number of hydrogen-bond acceptors (Lipinski definition) is 5. The second-order valence-electron chi connectivity index (χ2n) is 8.89. The van der Waals surface area contributed by atoms with Gasteiger partial charge >= 0.3 is 11.9 Å². The molecular weight excluding hydrogens is 368 g/mol. The fourth-order valence-electron chi connectivity index (χ4n) is 3.08. The molecule has 0 amide bonds. The van der Waals surface area contributed by atoms with Gasteiger partial charge in [0.15, 0.2) is 0 Å². The maximum atomic E-state index is 11.8. The third-order valence-electron chi connectivity index (χ3n) is 4.66. The molecule has 0 bridgehead atoms. The minimum absolute atomic E-state index is 0.0717. The normalized spacial score (nSPS) is 11.3. The van der Waals surface area contributed by atoms with E-state index in [1.165, 1.54) is 57.8 Å². The van der Waals surface area contributed by atoms with Gasteiger partial charge in [-0.15, -0.1) is 0 Å². The fraction of sp³-hybridized carbons (Fsp3) is 0.875. The van der Waals surface area contributed by atoms with Gasteiger partial charge in [-0.2, -0.15) is 0 Å². The summed E-state index contributed by atoms with van der Waals surface area (Å²) in [4.78, 5) is 35.0. The van der Waals surface area contributed by atoms with E-state index in [-0.39, 0.29) is 25.4 Å². The van der Waals surface area contributed by atoms with Crippen molar-refractivity contribution in [2.75, 3.05) is 6.61 Å². The van der Waals surface area contributed by atoms with E-state index in [1.54, 1.807) is 20.8 Å². The Morgan fingerprint density at radius 3 is 1.62 bits per heavy atom. The minimum atomic E-state index is -0.780. The molecule has 0 spiro atoms. The summed E-state index contributed by atoms with van der Waals surface area (Å²) >= 11 is 0. The Bertz CT molecular complexity index is 451. The van der Waals surface area contributed by atoms with Crippen LogP contribution in [-0.4, -0.2) is 29.9 Å². The molecule has 0 aliphatic heterocycles. The number of carbonyl (C=O) groups excluding carboxylic acids is 3. The van der Waals surface area contributed by atoms with Crippen molar-refractivity contribution in [1.29, 1.82) is 0 Å². The summed E-state index contributed by atoms with van der Waals surface area (Å²) in [5.41, 5.74) is -0.516. The Hall–Kier alpha value is -1.39. The molecule has 0 aromatic carbocycles. The van der Waals surface area contributed by atoms with Gasteiger partial charge in [0.25, 0.3) is 0 Å². The summed E-state index contributed by atoms with van der Waals surface area (Å²) < 4.78 is 10.1. The highest BCUT2D eigenvalue weighted by Crippen LogP contribution is 2.13. The van der Waals surface area contributed by atoms with Crippen molar-refractivity contribution in [1.82, 2.24) is 0 Å². The van der Waals surface area contributed by atoms with E-state index in [0.717, 1.165) is 19.3 Å². The maximum Gasteiger partial charge on any atom is 0.374 e. The minimum Gasteiger partial charge on any atom is -0.460 e. The Kier molecular flexibility index (Phi) is 16.6. The van der Waals surface area contributed by atoms with Crippen molar-refractivity contribution in [2.45, 2.75) is 130 Å². The van der Waals surface area contributed by atoms with Gasteiger partial charge < -0.3 is 9.47 Å². The van der Waals surface area contributed by atoms with Crippen LogP contribution >= 0.6 is 0 Å². The number of unbranched alkanes of at least 4 members (excludes halogenated alkanes) is 11. The largest absolute Gasteiger partial charge is 0.460 e. The van der Waals surface area contributed by atoms with Gasteiger partial charge in [0.05, 0.1) is 6.61 Å². The summed E-state index contributed by atoms with van der Waals surface area (Å²) in [5, 5.41) is 0. The zero-order valence-electron chi connectivity index (χ0n) is 19.4. The van der Waals surface area contributed by atoms with Crippen LogP contribution in [-0.2, 0) is 23.9 Å². The van der Waals surface area contributed by atoms with Gasteiger partial charge in [-0.3, -0.25) is 9.59 Å². The molecule has 170 valence electrons. The van der Waals surface area contributed by atoms with Crippen LogP contribution in [0.4, 0.5) is 0 Å². The fourth-order valence-corrected chi connectivity index (χ4v) is 3.08. The third-order valence-corrected chi connectivity index (χ3v) is 4.66. The second-order valence-corrected chi connectivity index (χ2v) is 8.89. The van der Waals surface area contributed by atoms with Crippen molar-refractivity contribution >= 4 is 17.7 Å². The molecular formula is C24H44O5. The molecule has 0 atom stereocenters. The summed E-state index contributed by atoms with van der Waals surface area (Å²) in [6.07, 6.45) is 15.5. The number of hydrogen-bond donors (Lipinski definition) is 0. The molecule has 0 radical (unpaired) electrons. The number of Topliss-reactive ketones (excluding diaryl/α,β-unsaturated/α-hetero) is 1. The van der Waals surface area contributed by atoms with Crippen molar-refractivity contribution in [3.63, 3.8) is 0 Å². The van der Waals surface area contributed by atoms with Crippen molar-refractivity contribution in [3.05, 3.63) is 0 Å². The van der Waals surface area contributed by atoms with Gasteiger partial charge in [-0.1, -0.05) is 77.6 Å². The van der Waals surface area contributed by atoms with E-state index >= 15 is 0 Å². The third kappa shape index (κ3) is 19.7. The Labute approximate surface area is 178 Å². The molecule has 0 rings (SSSR count). The smallest absolute Gasteiger partial charge is 0.374 e. The summed E-state index contributed by atoms with van der Waals surface area (Å²) in [7, 11) is 0. The monoisotopic (exact) mass is 412 g/mol. The number of esters is 2. The number of rotatable bonds is 18. The van der Waals surface area contributed by atoms with Crippen LogP contribution in [0, 0.1) is 0 Å². The lowest BCUT2D eigenvalue weighted by atomic mass is 10.0. The number of ketones is 1. The first-order chi connectivity index (χ1) is 13.8. The molecule has 29 heavy (non-hydrogen) atoms. The van der Waals surface area contributed by atoms with Gasteiger partial charge in [0, 0.05) is 12.8 Å². The molecule has 0 aliphatic carbocycles. The van der Waals surface area contributed by atoms with E-state index in [0.29, 0.717) is 6.42 Å². The van der Waals surface area contributed by atoms with Crippen molar-refractivity contribution in [2.24, 2.45) is 0 Å². The molecule has 0 fully saturated rings. The van der Waals surface area contributed by atoms with Crippen LogP contribution in [0.3, 0.4) is 0 Å².